The summed E-state index contributed by atoms with van der Waals surface area (Å²) < 4.78 is 78.7. The van der Waals surface area contributed by atoms with Crippen LogP contribution in [0.1, 0.15) is 27.2 Å². The fourth-order valence-electron chi connectivity index (χ4n) is 1.91. The van der Waals surface area contributed by atoms with Gasteiger partial charge in [-0.1, -0.05) is 13.8 Å². The van der Waals surface area contributed by atoms with E-state index in [4.69, 9.17) is 4.74 Å². The minimum atomic E-state index is -5.77. The number of halogens is 5. The predicted molar refractivity (Wildman–Crippen MR) is 61.8 cm³/mol. The van der Waals surface area contributed by atoms with E-state index in [1.165, 1.54) is 6.92 Å². The molecule has 1 fully saturated rings. The van der Waals surface area contributed by atoms with E-state index in [1.54, 1.807) is 6.92 Å². The summed E-state index contributed by atoms with van der Waals surface area (Å²) >= 11 is 0. The molecule has 1 aliphatic rings. The van der Waals surface area contributed by atoms with Gasteiger partial charge in [-0.05, 0) is 13.3 Å². The lowest BCUT2D eigenvalue weighted by Crippen LogP contribution is -2.72. The monoisotopic (exact) mass is 336 g/mol. The molecule has 0 radical (unpaired) electrons. The molecule has 1 rings (SSSR count). The highest BCUT2D eigenvalue weighted by atomic mass is 19.4. The van der Waals surface area contributed by atoms with Crippen molar-refractivity contribution in [3.63, 3.8) is 0 Å². The van der Waals surface area contributed by atoms with Crippen LogP contribution in [0.15, 0.2) is 0 Å². The van der Waals surface area contributed by atoms with Crippen molar-refractivity contribution in [2.24, 2.45) is 5.92 Å². The second-order valence-corrected chi connectivity index (χ2v) is 5.08. The van der Waals surface area contributed by atoms with Gasteiger partial charge in [0.2, 0.25) is 0 Å². The molecule has 1 N–H and O–H groups in total. The third-order valence-corrected chi connectivity index (χ3v) is 3.52. The quantitative estimate of drug-likeness (QED) is 0.630. The van der Waals surface area contributed by atoms with Crippen molar-refractivity contribution in [2.75, 3.05) is 6.79 Å². The van der Waals surface area contributed by atoms with Crippen LogP contribution in [-0.4, -0.2) is 48.0 Å². The normalized spacial score (nSPS) is 31.4. The number of aliphatic hydroxyl groups is 1. The SMILES string of the molecule is CCC(C)C(=O)OC(C)C1OCOC(F)(F)C1(O)C(F)(F)F. The van der Waals surface area contributed by atoms with Gasteiger partial charge in [-0.25, -0.2) is 0 Å². The topological polar surface area (TPSA) is 65.0 Å². The maximum absolute atomic E-state index is 13.5. The number of ether oxygens (including phenoxy) is 3. The van der Waals surface area contributed by atoms with Gasteiger partial charge in [0.25, 0.3) is 5.60 Å². The number of carbonyl (C=O) groups is 1. The van der Waals surface area contributed by atoms with Crippen molar-refractivity contribution >= 4 is 5.97 Å². The smallest absolute Gasteiger partial charge is 0.428 e. The predicted octanol–water partition coefficient (Wildman–Crippen LogP) is 2.22. The average molecular weight is 336 g/mol. The fourth-order valence-corrected chi connectivity index (χ4v) is 1.91. The Morgan fingerprint density at radius 3 is 2.41 bits per heavy atom. The molecule has 130 valence electrons. The molecule has 10 heteroatoms. The van der Waals surface area contributed by atoms with Gasteiger partial charge in [0.15, 0.2) is 6.79 Å². The van der Waals surface area contributed by atoms with Gasteiger partial charge in [0.1, 0.15) is 12.2 Å². The Morgan fingerprint density at radius 2 is 1.95 bits per heavy atom. The Kier molecular flexibility index (Phi) is 5.41. The van der Waals surface area contributed by atoms with Crippen molar-refractivity contribution in [1.29, 1.82) is 0 Å². The molecule has 1 saturated heterocycles. The molecule has 4 unspecified atom stereocenters. The van der Waals surface area contributed by atoms with Crippen LogP contribution in [0, 0.1) is 5.92 Å². The number of esters is 1. The minimum absolute atomic E-state index is 0.347. The van der Waals surface area contributed by atoms with Crippen LogP contribution in [0.3, 0.4) is 0 Å². The average Bonchev–Trinajstić information content (AvgIpc) is 2.39. The van der Waals surface area contributed by atoms with E-state index in [9.17, 15) is 31.9 Å². The summed E-state index contributed by atoms with van der Waals surface area (Å²) in [6, 6.07) is 0. The molecule has 0 amide bonds. The zero-order valence-corrected chi connectivity index (χ0v) is 12.1. The summed E-state index contributed by atoms with van der Waals surface area (Å²) in [7, 11) is 0. The third kappa shape index (κ3) is 3.18. The standard InChI is InChI=1S/C12H17F5O5/c1-4-6(2)9(18)22-7(3)8-10(19,11(13,14)15)12(16,17)21-5-20-8/h6-8,19H,4-5H2,1-3H3. The van der Waals surface area contributed by atoms with Crippen molar-refractivity contribution in [3.8, 4) is 0 Å². The van der Waals surface area contributed by atoms with Crippen LogP contribution < -0.4 is 0 Å². The number of hydrogen-bond donors (Lipinski definition) is 1. The zero-order chi connectivity index (χ0) is 17.3. The molecule has 4 atom stereocenters. The Bertz CT molecular complexity index is 413. The van der Waals surface area contributed by atoms with Gasteiger partial charge in [-0.2, -0.15) is 22.0 Å². The summed E-state index contributed by atoms with van der Waals surface area (Å²) in [5, 5.41) is 9.56. The van der Waals surface area contributed by atoms with Crippen LogP contribution in [0.25, 0.3) is 0 Å². The van der Waals surface area contributed by atoms with E-state index < -0.39 is 48.8 Å². The Morgan fingerprint density at radius 1 is 1.41 bits per heavy atom. The first-order valence-corrected chi connectivity index (χ1v) is 6.51. The summed E-state index contributed by atoms with van der Waals surface area (Å²) in [6.45, 7) is 2.86. The second-order valence-electron chi connectivity index (χ2n) is 5.08. The lowest BCUT2D eigenvalue weighted by Gasteiger charge is -2.46. The first kappa shape index (κ1) is 19.0. The number of rotatable bonds is 4. The summed E-state index contributed by atoms with van der Waals surface area (Å²) in [5.74, 6) is -1.51. The summed E-state index contributed by atoms with van der Waals surface area (Å²) in [5.41, 5.74) is -4.63. The molecule has 0 saturated carbocycles. The molecule has 0 aromatic rings. The van der Waals surface area contributed by atoms with E-state index in [0.29, 0.717) is 6.42 Å². The highest BCUT2D eigenvalue weighted by Gasteiger charge is 2.77. The van der Waals surface area contributed by atoms with E-state index >= 15 is 0 Å². The van der Waals surface area contributed by atoms with E-state index in [-0.39, 0.29) is 0 Å². The van der Waals surface area contributed by atoms with Crippen molar-refractivity contribution in [1.82, 2.24) is 0 Å². The largest absolute Gasteiger partial charge is 0.460 e. The van der Waals surface area contributed by atoms with Crippen LogP contribution >= 0.6 is 0 Å². The molecule has 0 spiro atoms. The first-order chi connectivity index (χ1) is 9.88. The van der Waals surface area contributed by atoms with Crippen molar-refractivity contribution in [3.05, 3.63) is 0 Å². The Labute approximate surface area is 123 Å². The molecule has 0 aromatic carbocycles. The number of carbonyl (C=O) groups excluding carboxylic acids is 1. The molecule has 0 aromatic heterocycles. The highest BCUT2D eigenvalue weighted by Crippen LogP contribution is 2.49. The lowest BCUT2D eigenvalue weighted by atomic mass is 9.89. The van der Waals surface area contributed by atoms with Crippen LogP contribution in [0.2, 0.25) is 0 Å². The minimum Gasteiger partial charge on any atom is -0.460 e. The zero-order valence-electron chi connectivity index (χ0n) is 12.1. The molecule has 22 heavy (non-hydrogen) atoms. The van der Waals surface area contributed by atoms with E-state index in [1.807, 2.05) is 0 Å². The van der Waals surface area contributed by atoms with E-state index in [2.05, 4.69) is 9.47 Å². The highest BCUT2D eigenvalue weighted by molar-refractivity contribution is 5.72. The molecule has 1 aliphatic heterocycles. The van der Waals surface area contributed by atoms with Gasteiger partial charge in [-0.3, -0.25) is 9.53 Å². The Hall–Kier alpha value is -1.00. The molecule has 0 aliphatic carbocycles. The first-order valence-electron chi connectivity index (χ1n) is 6.51. The van der Waals surface area contributed by atoms with Gasteiger partial charge >= 0.3 is 18.3 Å². The number of hydrogen-bond acceptors (Lipinski definition) is 5. The fraction of sp³-hybridized carbons (Fsp3) is 0.917. The molecule has 1 heterocycles. The van der Waals surface area contributed by atoms with Crippen LogP contribution in [0.4, 0.5) is 22.0 Å². The summed E-state index contributed by atoms with van der Waals surface area (Å²) in [6.07, 6.45) is -14.6. The summed E-state index contributed by atoms with van der Waals surface area (Å²) in [4.78, 5) is 11.6. The Balaban J connectivity index is 3.06. The molecule has 5 nitrogen and oxygen atoms in total. The van der Waals surface area contributed by atoms with Gasteiger partial charge in [0.05, 0.1) is 5.92 Å². The van der Waals surface area contributed by atoms with Gasteiger partial charge in [-0.15, -0.1) is 0 Å². The maximum Gasteiger partial charge on any atom is 0.428 e. The number of alkyl halides is 5. The lowest BCUT2D eigenvalue weighted by molar-refractivity contribution is -0.476. The van der Waals surface area contributed by atoms with Crippen LogP contribution in [0.5, 0.6) is 0 Å². The molecular weight excluding hydrogens is 319 g/mol. The van der Waals surface area contributed by atoms with Crippen molar-refractivity contribution < 1.29 is 46.1 Å². The van der Waals surface area contributed by atoms with Gasteiger partial charge in [0, 0.05) is 0 Å². The third-order valence-electron chi connectivity index (χ3n) is 3.52. The molecule has 0 bridgehead atoms. The van der Waals surface area contributed by atoms with Gasteiger partial charge < -0.3 is 14.6 Å². The van der Waals surface area contributed by atoms with Crippen LogP contribution in [-0.2, 0) is 19.0 Å². The van der Waals surface area contributed by atoms with Crippen molar-refractivity contribution in [2.45, 2.75) is 57.3 Å². The molecular formula is C12H17F5O5. The second kappa shape index (κ2) is 6.25. The maximum atomic E-state index is 13.5. The van der Waals surface area contributed by atoms with E-state index in [0.717, 1.165) is 6.92 Å².